The van der Waals surface area contributed by atoms with Gasteiger partial charge in [-0.3, -0.25) is 0 Å². The molecule has 0 heterocycles. The molecule has 3 atom stereocenters. The van der Waals surface area contributed by atoms with E-state index in [1.54, 1.807) is 0 Å². The van der Waals surface area contributed by atoms with E-state index >= 15 is 0 Å². The van der Waals surface area contributed by atoms with Crippen molar-refractivity contribution in [2.45, 2.75) is 45.1 Å². The van der Waals surface area contributed by atoms with Crippen LogP contribution in [0.4, 0.5) is 0 Å². The molecule has 3 unspecified atom stereocenters. The molecule has 1 aliphatic carbocycles. The van der Waals surface area contributed by atoms with E-state index < -0.39 is 0 Å². The molecule has 1 aliphatic rings. The van der Waals surface area contributed by atoms with Crippen LogP contribution in [0.15, 0.2) is 18.2 Å². The van der Waals surface area contributed by atoms with Gasteiger partial charge >= 0.3 is 0 Å². The minimum atomic E-state index is 0.143. The highest BCUT2D eigenvalue weighted by Gasteiger charge is 2.29. The van der Waals surface area contributed by atoms with E-state index in [9.17, 15) is 0 Å². The van der Waals surface area contributed by atoms with Gasteiger partial charge in [-0.2, -0.15) is 0 Å². The maximum atomic E-state index is 6.49. The topological polar surface area (TPSA) is 26.0 Å². The quantitative estimate of drug-likeness (QED) is 0.723. The lowest BCUT2D eigenvalue weighted by atomic mass is 9.73. The molecule has 1 aromatic carbocycles. The molecule has 2 rings (SSSR count). The van der Waals surface area contributed by atoms with Gasteiger partial charge in [0.15, 0.2) is 0 Å². The zero-order valence-corrected chi connectivity index (χ0v) is 13.7. The van der Waals surface area contributed by atoms with Gasteiger partial charge in [-0.15, -0.1) is 0 Å². The van der Waals surface area contributed by atoms with Crippen LogP contribution >= 0.6 is 34.2 Å². The summed E-state index contributed by atoms with van der Waals surface area (Å²) in [4.78, 5) is 0. The molecule has 0 saturated heterocycles. The third-order valence-electron chi connectivity index (χ3n) is 4.28. The van der Waals surface area contributed by atoms with Crippen LogP contribution in [0, 0.1) is 15.4 Å². The Bertz CT molecular complexity index is 407. The van der Waals surface area contributed by atoms with Crippen molar-refractivity contribution in [2.24, 2.45) is 17.6 Å². The summed E-state index contributed by atoms with van der Waals surface area (Å²) in [5.41, 5.74) is 7.69. The first-order valence-corrected chi connectivity index (χ1v) is 8.29. The van der Waals surface area contributed by atoms with Gasteiger partial charge in [0.25, 0.3) is 0 Å². The highest BCUT2D eigenvalue weighted by Crippen LogP contribution is 2.39. The fourth-order valence-corrected chi connectivity index (χ4v) is 3.71. The van der Waals surface area contributed by atoms with Gasteiger partial charge in [-0.1, -0.05) is 50.3 Å². The predicted molar refractivity (Wildman–Crippen MR) is 86.8 cm³/mol. The molecule has 0 bridgehead atoms. The van der Waals surface area contributed by atoms with Crippen LogP contribution in [-0.4, -0.2) is 0 Å². The first kappa shape index (κ1) is 14.6. The molecule has 3 heteroatoms. The summed E-state index contributed by atoms with van der Waals surface area (Å²) in [5.74, 6) is 1.41. The third kappa shape index (κ3) is 3.20. The molecule has 2 N–H and O–H groups in total. The zero-order valence-electron chi connectivity index (χ0n) is 10.8. The second-order valence-electron chi connectivity index (χ2n) is 5.32. The first-order valence-electron chi connectivity index (χ1n) is 6.84. The Hall–Kier alpha value is 0.200. The summed E-state index contributed by atoms with van der Waals surface area (Å²) >= 11 is 8.46. The lowest BCUT2D eigenvalue weighted by Gasteiger charge is -2.35. The lowest BCUT2D eigenvalue weighted by molar-refractivity contribution is 0.196. The van der Waals surface area contributed by atoms with Crippen molar-refractivity contribution >= 4 is 34.2 Å². The molecule has 1 fully saturated rings. The van der Waals surface area contributed by atoms with Crippen molar-refractivity contribution in [1.29, 1.82) is 0 Å². The smallest absolute Gasteiger partial charge is 0.0542 e. The van der Waals surface area contributed by atoms with Crippen molar-refractivity contribution < 1.29 is 0 Å². The van der Waals surface area contributed by atoms with Gasteiger partial charge in [-0.25, -0.2) is 0 Å². The number of rotatable bonds is 3. The number of hydrogen-bond acceptors (Lipinski definition) is 1. The van der Waals surface area contributed by atoms with E-state index in [1.807, 2.05) is 0 Å². The van der Waals surface area contributed by atoms with Gasteiger partial charge in [0.05, 0.1) is 5.02 Å². The van der Waals surface area contributed by atoms with E-state index in [1.165, 1.54) is 37.7 Å². The van der Waals surface area contributed by atoms with Crippen LogP contribution in [0.25, 0.3) is 0 Å². The fraction of sp³-hybridized carbons (Fsp3) is 0.600. The Labute approximate surface area is 129 Å². The molecular formula is C15H21ClIN. The van der Waals surface area contributed by atoms with Gasteiger partial charge in [-0.05, 0) is 58.5 Å². The van der Waals surface area contributed by atoms with Crippen LogP contribution in [0.2, 0.25) is 5.02 Å². The van der Waals surface area contributed by atoms with E-state index in [4.69, 9.17) is 17.3 Å². The zero-order chi connectivity index (χ0) is 13.1. The molecule has 18 heavy (non-hydrogen) atoms. The molecule has 0 amide bonds. The van der Waals surface area contributed by atoms with Gasteiger partial charge in [0.2, 0.25) is 0 Å². The van der Waals surface area contributed by atoms with Crippen molar-refractivity contribution in [1.82, 2.24) is 0 Å². The Kier molecular flexibility index (Phi) is 5.34. The summed E-state index contributed by atoms with van der Waals surface area (Å²) in [7, 11) is 0. The van der Waals surface area contributed by atoms with E-state index in [0.717, 1.165) is 14.5 Å². The summed E-state index contributed by atoms with van der Waals surface area (Å²) in [5, 5.41) is 0.826. The molecule has 0 spiro atoms. The summed E-state index contributed by atoms with van der Waals surface area (Å²) < 4.78 is 1.10. The predicted octanol–water partition coefficient (Wildman–Crippen LogP) is 5.16. The maximum Gasteiger partial charge on any atom is 0.0542 e. The molecule has 0 aromatic heterocycles. The first-order chi connectivity index (χ1) is 8.63. The minimum absolute atomic E-state index is 0.143. The Morgan fingerprint density at radius 2 is 2.11 bits per heavy atom. The summed E-state index contributed by atoms with van der Waals surface area (Å²) in [6.07, 6.45) is 6.55. The monoisotopic (exact) mass is 377 g/mol. The Morgan fingerprint density at radius 1 is 1.39 bits per heavy atom. The molecule has 100 valence electrons. The van der Waals surface area contributed by atoms with Gasteiger partial charge in [0.1, 0.15) is 0 Å². The number of nitrogens with two attached hydrogens (primary N) is 1. The van der Waals surface area contributed by atoms with Gasteiger partial charge in [0, 0.05) is 9.61 Å². The molecule has 1 aromatic rings. The molecule has 0 aliphatic heterocycles. The van der Waals surface area contributed by atoms with Crippen molar-refractivity contribution in [3.63, 3.8) is 0 Å². The van der Waals surface area contributed by atoms with Crippen molar-refractivity contribution in [2.75, 3.05) is 0 Å². The number of benzene rings is 1. The van der Waals surface area contributed by atoms with Crippen LogP contribution < -0.4 is 5.73 Å². The standard InChI is InChI=1S/C15H21ClIN/c1-2-10-5-3-4-6-12(10)15(18)11-7-8-14(17)13(16)9-11/h7-10,12,15H,2-6,18H2,1H3. The highest BCUT2D eigenvalue weighted by atomic mass is 127. The third-order valence-corrected chi connectivity index (χ3v) is 5.85. The fourth-order valence-electron chi connectivity index (χ4n) is 3.18. The molecular weight excluding hydrogens is 357 g/mol. The molecule has 1 saturated carbocycles. The normalized spacial score (nSPS) is 26.0. The second-order valence-corrected chi connectivity index (χ2v) is 6.89. The number of hydrogen-bond donors (Lipinski definition) is 1. The average molecular weight is 378 g/mol. The number of halogens is 2. The van der Waals surface area contributed by atoms with Crippen LogP contribution in [0.5, 0.6) is 0 Å². The maximum absolute atomic E-state index is 6.49. The van der Waals surface area contributed by atoms with Crippen LogP contribution in [0.3, 0.4) is 0 Å². The van der Waals surface area contributed by atoms with E-state index in [0.29, 0.717) is 5.92 Å². The molecule has 0 radical (unpaired) electrons. The van der Waals surface area contributed by atoms with Gasteiger partial charge < -0.3 is 5.73 Å². The largest absolute Gasteiger partial charge is 0.324 e. The summed E-state index contributed by atoms with van der Waals surface area (Å²) in [6.45, 7) is 2.29. The SMILES string of the molecule is CCC1CCCCC1C(N)c1ccc(I)c(Cl)c1. The van der Waals surface area contributed by atoms with Crippen LogP contribution in [-0.2, 0) is 0 Å². The minimum Gasteiger partial charge on any atom is -0.324 e. The second kappa shape index (κ2) is 6.58. The van der Waals surface area contributed by atoms with E-state index in [2.05, 4.69) is 47.7 Å². The van der Waals surface area contributed by atoms with Crippen molar-refractivity contribution in [3.05, 3.63) is 32.4 Å². The van der Waals surface area contributed by atoms with Crippen molar-refractivity contribution in [3.8, 4) is 0 Å². The van der Waals surface area contributed by atoms with Crippen LogP contribution in [0.1, 0.15) is 50.6 Å². The highest BCUT2D eigenvalue weighted by molar-refractivity contribution is 14.1. The average Bonchev–Trinajstić information content (AvgIpc) is 2.41. The van der Waals surface area contributed by atoms with E-state index in [-0.39, 0.29) is 6.04 Å². The Balaban J connectivity index is 2.18. The summed E-state index contributed by atoms with van der Waals surface area (Å²) in [6, 6.07) is 6.40. The lowest BCUT2D eigenvalue weighted by Crippen LogP contribution is -2.30. The molecule has 1 nitrogen and oxygen atoms in total. The Morgan fingerprint density at radius 3 is 2.78 bits per heavy atom.